The summed E-state index contributed by atoms with van der Waals surface area (Å²) >= 11 is 0. The van der Waals surface area contributed by atoms with Crippen LogP contribution in [-0.2, 0) is 28.6 Å². The normalized spacial score (nSPS) is 12.5. The van der Waals surface area contributed by atoms with Gasteiger partial charge in [-0.3, -0.25) is 14.4 Å². The Morgan fingerprint density at radius 3 is 0.754 bits per heavy atom. The van der Waals surface area contributed by atoms with Crippen LogP contribution >= 0.6 is 0 Å². The van der Waals surface area contributed by atoms with Gasteiger partial charge in [-0.1, -0.05) is 311 Å². The zero-order valence-electron chi connectivity index (χ0n) is 47.6. The van der Waals surface area contributed by atoms with E-state index in [1.165, 1.54) is 231 Å². The molecule has 0 amide bonds. The van der Waals surface area contributed by atoms with Crippen molar-refractivity contribution in [1.29, 1.82) is 0 Å². The molecule has 0 radical (unpaired) electrons. The predicted molar refractivity (Wildman–Crippen MR) is 298 cm³/mol. The lowest BCUT2D eigenvalue weighted by molar-refractivity contribution is -0.167. The molecule has 0 rings (SSSR count). The molecule has 0 heterocycles. The van der Waals surface area contributed by atoms with E-state index in [4.69, 9.17) is 14.2 Å². The standard InChI is InChI=1S/C63H122O6/c1-7-59(6)51-45-39-33-27-23-24-29-35-41-47-53-62(65)68-56-60(69-63(66)54-48-42-36-30-22-18-14-16-20-26-32-38-44-50-58(4)5)55-67-61(64)52-46-40-34-28-21-17-13-11-9-8-10-12-15-19-25-31-37-43-49-57(2)3/h57-60H,7-56H2,1-6H3/t59?,60-/m1/s1. The van der Waals surface area contributed by atoms with Crippen molar-refractivity contribution in [2.24, 2.45) is 17.8 Å². The third-order valence-corrected chi connectivity index (χ3v) is 14.8. The predicted octanol–water partition coefficient (Wildman–Crippen LogP) is 20.7. The zero-order valence-corrected chi connectivity index (χ0v) is 47.6. The summed E-state index contributed by atoms with van der Waals surface area (Å²) in [6, 6.07) is 0. The molecular weight excluding hydrogens is 853 g/mol. The number of unbranched alkanes of at least 4 members (excludes halogenated alkanes) is 38. The second kappa shape index (κ2) is 54.2. The van der Waals surface area contributed by atoms with Crippen molar-refractivity contribution in [1.82, 2.24) is 0 Å². The molecule has 410 valence electrons. The highest BCUT2D eigenvalue weighted by Gasteiger charge is 2.19. The van der Waals surface area contributed by atoms with Crippen LogP contribution in [-0.4, -0.2) is 37.2 Å². The lowest BCUT2D eigenvalue weighted by Crippen LogP contribution is -2.30. The van der Waals surface area contributed by atoms with Crippen molar-refractivity contribution in [2.75, 3.05) is 13.2 Å². The summed E-state index contributed by atoms with van der Waals surface area (Å²) in [6.07, 6.45) is 58.1. The van der Waals surface area contributed by atoms with Crippen molar-refractivity contribution in [3.63, 3.8) is 0 Å². The summed E-state index contributed by atoms with van der Waals surface area (Å²) in [7, 11) is 0. The lowest BCUT2D eigenvalue weighted by atomic mass is 9.99. The quantitative estimate of drug-likeness (QED) is 0.0343. The van der Waals surface area contributed by atoms with Crippen LogP contribution in [0.5, 0.6) is 0 Å². The second-order valence-corrected chi connectivity index (χ2v) is 22.9. The van der Waals surface area contributed by atoms with Crippen molar-refractivity contribution >= 4 is 17.9 Å². The third kappa shape index (κ3) is 55.6. The first kappa shape index (κ1) is 67.4. The van der Waals surface area contributed by atoms with E-state index in [2.05, 4.69) is 41.5 Å². The van der Waals surface area contributed by atoms with Crippen LogP contribution in [0.3, 0.4) is 0 Å². The summed E-state index contributed by atoms with van der Waals surface area (Å²) in [6.45, 7) is 13.8. The van der Waals surface area contributed by atoms with E-state index in [1.54, 1.807) is 0 Å². The average molecular weight is 976 g/mol. The maximum absolute atomic E-state index is 12.9. The summed E-state index contributed by atoms with van der Waals surface area (Å²) in [4.78, 5) is 38.3. The minimum Gasteiger partial charge on any atom is -0.462 e. The van der Waals surface area contributed by atoms with Gasteiger partial charge in [-0.25, -0.2) is 0 Å². The molecule has 0 bridgehead atoms. The maximum Gasteiger partial charge on any atom is 0.306 e. The molecule has 0 fully saturated rings. The summed E-state index contributed by atoms with van der Waals surface area (Å²) in [5.41, 5.74) is 0. The van der Waals surface area contributed by atoms with Crippen molar-refractivity contribution in [3.05, 3.63) is 0 Å². The first-order chi connectivity index (χ1) is 33.6. The molecular formula is C63H122O6. The number of carbonyl (C=O) groups excluding carboxylic acids is 3. The molecule has 1 unspecified atom stereocenters. The SMILES string of the molecule is CCC(C)CCCCCCCCCCCCC(=O)OC[C@@H](COC(=O)CCCCCCCCCCCCCCCCCCCCC(C)C)OC(=O)CCCCCCCCCCCCCCCC(C)C. The van der Waals surface area contributed by atoms with Gasteiger partial charge in [0, 0.05) is 19.3 Å². The van der Waals surface area contributed by atoms with E-state index < -0.39 is 6.10 Å². The maximum atomic E-state index is 12.9. The van der Waals surface area contributed by atoms with Crippen LogP contribution < -0.4 is 0 Å². The fourth-order valence-corrected chi connectivity index (χ4v) is 9.67. The third-order valence-electron chi connectivity index (χ3n) is 14.8. The number of hydrogen-bond donors (Lipinski definition) is 0. The zero-order chi connectivity index (χ0) is 50.5. The van der Waals surface area contributed by atoms with E-state index in [0.29, 0.717) is 19.3 Å². The molecule has 0 saturated heterocycles. The molecule has 0 spiro atoms. The van der Waals surface area contributed by atoms with Gasteiger partial charge in [-0.2, -0.15) is 0 Å². The van der Waals surface area contributed by atoms with Gasteiger partial charge in [-0.15, -0.1) is 0 Å². The molecule has 0 aromatic heterocycles. The molecule has 6 heteroatoms. The van der Waals surface area contributed by atoms with Gasteiger partial charge in [0.2, 0.25) is 0 Å². The fourth-order valence-electron chi connectivity index (χ4n) is 9.67. The molecule has 0 aliphatic rings. The van der Waals surface area contributed by atoms with E-state index in [-0.39, 0.29) is 31.1 Å². The topological polar surface area (TPSA) is 78.9 Å². The Bertz CT molecular complexity index is 1070. The lowest BCUT2D eigenvalue weighted by Gasteiger charge is -2.18. The molecule has 0 aromatic rings. The summed E-state index contributed by atoms with van der Waals surface area (Å²) in [5, 5.41) is 0. The van der Waals surface area contributed by atoms with Crippen LogP contribution in [0.15, 0.2) is 0 Å². The monoisotopic (exact) mass is 975 g/mol. The smallest absolute Gasteiger partial charge is 0.306 e. The number of rotatable bonds is 56. The van der Waals surface area contributed by atoms with Crippen LogP contribution in [0, 0.1) is 17.8 Å². The van der Waals surface area contributed by atoms with Crippen LogP contribution in [0.4, 0.5) is 0 Å². The molecule has 0 N–H and O–H groups in total. The van der Waals surface area contributed by atoms with Gasteiger partial charge in [0.1, 0.15) is 13.2 Å². The van der Waals surface area contributed by atoms with Gasteiger partial charge >= 0.3 is 17.9 Å². The Hall–Kier alpha value is -1.59. The number of carbonyl (C=O) groups is 3. The summed E-state index contributed by atoms with van der Waals surface area (Å²) in [5.74, 6) is 1.73. The molecule has 2 atom stereocenters. The molecule has 69 heavy (non-hydrogen) atoms. The van der Waals surface area contributed by atoms with Crippen molar-refractivity contribution in [3.8, 4) is 0 Å². The molecule has 0 saturated carbocycles. The van der Waals surface area contributed by atoms with E-state index in [0.717, 1.165) is 75.5 Å². The molecule has 6 nitrogen and oxygen atoms in total. The molecule has 0 aromatic carbocycles. The van der Waals surface area contributed by atoms with Crippen molar-refractivity contribution < 1.29 is 28.6 Å². The van der Waals surface area contributed by atoms with E-state index in [9.17, 15) is 14.4 Å². The first-order valence-electron chi connectivity index (χ1n) is 31.1. The summed E-state index contributed by atoms with van der Waals surface area (Å²) < 4.78 is 16.9. The minimum absolute atomic E-state index is 0.0630. The van der Waals surface area contributed by atoms with Gasteiger partial charge in [0.05, 0.1) is 0 Å². The first-order valence-corrected chi connectivity index (χ1v) is 31.1. The van der Waals surface area contributed by atoms with Crippen LogP contribution in [0.25, 0.3) is 0 Å². The highest BCUT2D eigenvalue weighted by atomic mass is 16.6. The second-order valence-electron chi connectivity index (χ2n) is 22.9. The number of ether oxygens (including phenoxy) is 3. The van der Waals surface area contributed by atoms with Crippen LogP contribution in [0.1, 0.15) is 350 Å². The van der Waals surface area contributed by atoms with Gasteiger partial charge < -0.3 is 14.2 Å². The fraction of sp³-hybridized carbons (Fsp3) is 0.952. The van der Waals surface area contributed by atoms with E-state index >= 15 is 0 Å². The van der Waals surface area contributed by atoms with E-state index in [1.807, 2.05) is 0 Å². The highest BCUT2D eigenvalue weighted by molar-refractivity contribution is 5.71. The Morgan fingerprint density at radius 1 is 0.290 bits per heavy atom. The molecule has 0 aliphatic heterocycles. The molecule has 0 aliphatic carbocycles. The van der Waals surface area contributed by atoms with Crippen LogP contribution in [0.2, 0.25) is 0 Å². The Morgan fingerprint density at radius 2 is 0.507 bits per heavy atom. The Kier molecular flexibility index (Phi) is 52.9. The highest BCUT2D eigenvalue weighted by Crippen LogP contribution is 2.19. The number of esters is 3. The Labute approximate surface area is 431 Å². The van der Waals surface area contributed by atoms with Gasteiger partial charge in [0.15, 0.2) is 6.10 Å². The average Bonchev–Trinajstić information content (AvgIpc) is 3.32. The van der Waals surface area contributed by atoms with Gasteiger partial charge in [-0.05, 0) is 37.0 Å². The Balaban J connectivity index is 4.27. The van der Waals surface area contributed by atoms with Gasteiger partial charge in [0.25, 0.3) is 0 Å². The largest absolute Gasteiger partial charge is 0.462 e. The minimum atomic E-state index is -0.764. The number of hydrogen-bond acceptors (Lipinski definition) is 6. The van der Waals surface area contributed by atoms with Crippen molar-refractivity contribution in [2.45, 2.75) is 356 Å².